The van der Waals surface area contributed by atoms with Crippen molar-refractivity contribution in [3.8, 4) is 0 Å². The van der Waals surface area contributed by atoms with Gasteiger partial charge in [0.1, 0.15) is 5.82 Å². The lowest BCUT2D eigenvalue weighted by atomic mass is 10.1. The monoisotopic (exact) mass is 538 g/mol. The van der Waals surface area contributed by atoms with Crippen molar-refractivity contribution in [1.82, 2.24) is 19.5 Å². The molecule has 2 heterocycles. The second-order valence-corrected chi connectivity index (χ2v) is 7.58. The summed E-state index contributed by atoms with van der Waals surface area (Å²) in [5.41, 5.74) is -5.39. The Bertz CT molecular complexity index is 1440. The fourth-order valence-electron chi connectivity index (χ4n) is 3.28. The number of alkyl halides is 9. The number of aryl methyl sites for hydroxylation is 1. The Hall–Kier alpha value is -4.11. The maximum Gasteiger partial charge on any atom is 0.449 e. The Morgan fingerprint density at radius 1 is 0.703 bits per heavy atom. The highest BCUT2D eigenvalue weighted by Gasteiger charge is 2.38. The number of hydrogen-bond donors (Lipinski definition) is 2. The molecular formula is C21H12F10N6. The Labute approximate surface area is 200 Å². The molecule has 0 saturated heterocycles. The number of aromatic nitrogens is 4. The third-order valence-electron chi connectivity index (χ3n) is 4.94. The van der Waals surface area contributed by atoms with Gasteiger partial charge in [-0.05, 0) is 30.3 Å². The zero-order chi connectivity index (χ0) is 27.3. The topological polar surface area (TPSA) is 67.7 Å². The quantitative estimate of drug-likeness (QED) is 0.273. The summed E-state index contributed by atoms with van der Waals surface area (Å²) in [7, 11) is 0.937. The van der Waals surface area contributed by atoms with Crippen LogP contribution in [0.5, 0.6) is 0 Å². The van der Waals surface area contributed by atoms with Gasteiger partial charge in [-0.1, -0.05) is 12.1 Å². The summed E-state index contributed by atoms with van der Waals surface area (Å²) < 4.78 is 134. The first-order valence-electron chi connectivity index (χ1n) is 9.94. The number of nitrogens with zero attached hydrogens (tertiary/aromatic N) is 4. The van der Waals surface area contributed by atoms with Gasteiger partial charge in [0.25, 0.3) is 0 Å². The number of halogens is 10. The molecule has 196 valence electrons. The predicted octanol–water partition coefficient (Wildman–Crippen LogP) is 7.05. The summed E-state index contributed by atoms with van der Waals surface area (Å²) in [6, 6.07) is 5.52. The highest BCUT2D eigenvalue weighted by Crippen LogP contribution is 2.39. The van der Waals surface area contributed by atoms with E-state index in [0.29, 0.717) is 16.7 Å². The fourth-order valence-corrected chi connectivity index (χ4v) is 3.28. The molecule has 4 rings (SSSR count). The molecule has 0 bridgehead atoms. The molecule has 0 unspecified atom stereocenters. The van der Waals surface area contributed by atoms with Gasteiger partial charge < -0.3 is 15.2 Å². The first kappa shape index (κ1) is 26.0. The molecule has 0 aliphatic heterocycles. The van der Waals surface area contributed by atoms with Gasteiger partial charge in [0.2, 0.25) is 5.82 Å². The van der Waals surface area contributed by atoms with Crippen molar-refractivity contribution in [3.05, 3.63) is 65.2 Å². The van der Waals surface area contributed by atoms with E-state index < -0.39 is 69.9 Å². The minimum atomic E-state index is -5.16. The second-order valence-electron chi connectivity index (χ2n) is 7.58. The molecule has 0 saturated carbocycles. The average molecular weight is 538 g/mol. The van der Waals surface area contributed by atoms with Gasteiger partial charge in [-0.3, -0.25) is 0 Å². The van der Waals surface area contributed by atoms with Crippen molar-refractivity contribution in [2.75, 3.05) is 10.6 Å². The zero-order valence-electron chi connectivity index (χ0n) is 18.1. The Balaban J connectivity index is 1.90. The second kappa shape index (κ2) is 8.77. The number of benzene rings is 2. The van der Waals surface area contributed by atoms with Crippen molar-refractivity contribution in [1.29, 1.82) is 0 Å². The molecule has 0 atom stereocenters. The molecule has 2 N–H and O–H groups in total. The molecule has 16 heteroatoms. The summed E-state index contributed by atoms with van der Waals surface area (Å²) in [5.74, 6) is -3.38. The summed E-state index contributed by atoms with van der Waals surface area (Å²) in [6.07, 6.45) is -15.3. The van der Waals surface area contributed by atoms with Gasteiger partial charge in [-0.15, -0.1) is 0 Å². The lowest BCUT2D eigenvalue weighted by Gasteiger charge is -2.17. The number of imidazole rings is 1. The van der Waals surface area contributed by atoms with Crippen LogP contribution in [0.4, 0.5) is 66.9 Å². The summed E-state index contributed by atoms with van der Waals surface area (Å²) in [6.45, 7) is 0. The Morgan fingerprint density at radius 2 is 1.27 bits per heavy atom. The first-order chi connectivity index (χ1) is 17.0. The third kappa shape index (κ3) is 5.36. The van der Waals surface area contributed by atoms with Gasteiger partial charge in [0.15, 0.2) is 22.9 Å². The molecule has 4 aromatic rings. The van der Waals surface area contributed by atoms with E-state index in [1.54, 1.807) is 0 Å². The van der Waals surface area contributed by atoms with E-state index >= 15 is 0 Å². The average Bonchev–Trinajstić information content (AvgIpc) is 3.10. The first-order valence-corrected chi connectivity index (χ1v) is 9.94. The highest BCUT2D eigenvalue weighted by atomic mass is 19.4. The minimum absolute atomic E-state index is 0.102. The molecule has 0 aliphatic carbocycles. The normalized spacial score (nSPS) is 12.7. The lowest BCUT2D eigenvalue weighted by Crippen LogP contribution is -2.13. The van der Waals surface area contributed by atoms with Crippen LogP contribution in [0, 0.1) is 5.82 Å². The van der Waals surface area contributed by atoms with Gasteiger partial charge in [-0.25, -0.2) is 19.3 Å². The Kier molecular flexibility index (Phi) is 6.16. The van der Waals surface area contributed by atoms with E-state index in [2.05, 4.69) is 25.6 Å². The fraction of sp³-hybridized carbons (Fsp3) is 0.190. The molecular weight excluding hydrogens is 526 g/mol. The van der Waals surface area contributed by atoms with E-state index in [9.17, 15) is 43.9 Å². The largest absolute Gasteiger partial charge is 0.449 e. The van der Waals surface area contributed by atoms with Crippen LogP contribution in [0.1, 0.15) is 17.0 Å². The van der Waals surface area contributed by atoms with E-state index in [1.807, 2.05) is 0 Å². The number of para-hydroxylation sites is 1. The van der Waals surface area contributed by atoms with Gasteiger partial charge >= 0.3 is 18.5 Å². The van der Waals surface area contributed by atoms with Crippen LogP contribution in [0.2, 0.25) is 0 Å². The molecule has 2 aromatic carbocycles. The summed E-state index contributed by atoms with van der Waals surface area (Å²) >= 11 is 0. The van der Waals surface area contributed by atoms with Gasteiger partial charge in [0.05, 0.1) is 16.8 Å². The van der Waals surface area contributed by atoms with Crippen LogP contribution in [0.25, 0.3) is 11.3 Å². The van der Waals surface area contributed by atoms with Crippen molar-refractivity contribution >= 4 is 34.3 Å². The molecule has 37 heavy (non-hydrogen) atoms. The molecule has 0 aliphatic rings. The molecule has 0 amide bonds. The number of rotatable bonds is 4. The van der Waals surface area contributed by atoms with E-state index in [-0.39, 0.29) is 11.8 Å². The molecule has 0 fully saturated rings. The molecule has 6 nitrogen and oxygen atoms in total. The number of fused-ring (bicyclic) bond motifs is 1. The van der Waals surface area contributed by atoms with E-state index in [1.165, 1.54) is 18.2 Å². The maximum absolute atomic E-state index is 14.2. The van der Waals surface area contributed by atoms with Crippen LogP contribution < -0.4 is 10.6 Å². The minimum Gasteiger partial charge on any atom is -0.337 e. The van der Waals surface area contributed by atoms with Gasteiger partial charge in [0, 0.05) is 12.7 Å². The third-order valence-corrected chi connectivity index (χ3v) is 4.94. The lowest BCUT2D eigenvalue weighted by molar-refractivity contribution is -0.146. The van der Waals surface area contributed by atoms with Gasteiger partial charge in [-0.2, -0.15) is 39.5 Å². The van der Waals surface area contributed by atoms with Crippen LogP contribution in [0.15, 0.2) is 42.5 Å². The standard InChI is InChI=1S/C21H12F10N6/c1-37-17-16(36-18(37)21(29,30)31)34-15(33-13-5-3-2-4-12(13)22)14(35-17)32-11-7-9(19(23,24)25)6-10(8-11)20(26,27)28/h2-8H,1H3,(H,32,35)(H,33,34). The van der Waals surface area contributed by atoms with Crippen LogP contribution >= 0.6 is 0 Å². The number of hydrogen-bond acceptors (Lipinski definition) is 5. The zero-order valence-corrected chi connectivity index (χ0v) is 18.1. The summed E-state index contributed by atoms with van der Waals surface area (Å²) in [4.78, 5) is 11.1. The molecule has 2 aromatic heterocycles. The predicted molar refractivity (Wildman–Crippen MR) is 111 cm³/mol. The SMILES string of the molecule is Cn1c(C(F)(F)F)nc2nc(Nc3ccccc3F)c(Nc3cc(C(F)(F)F)cc(C(F)(F)F)c3)nc21. The molecule has 0 spiro atoms. The summed E-state index contributed by atoms with van der Waals surface area (Å²) in [5, 5.41) is 4.65. The van der Waals surface area contributed by atoms with Crippen molar-refractivity contribution in [3.63, 3.8) is 0 Å². The van der Waals surface area contributed by atoms with E-state index in [4.69, 9.17) is 0 Å². The number of anilines is 4. The maximum atomic E-state index is 14.2. The Morgan fingerprint density at radius 3 is 1.81 bits per heavy atom. The number of nitrogens with one attached hydrogen (secondary N) is 2. The highest BCUT2D eigenvalue weighted by molar-refractivity contribution is 5.80. The van der Waals surface area contributed by atoms with Crippen molar-refractivity contribution in [2.24, 2.45) is 7.05 Å². The smallest absolute Gasteiger partial charge is 0.337 e. The molecule has 0 radical (unpaired) electrons. The van der Waals surface area contributed by atoms with Crippen molar-refractivity contribution in [2.45, 2.75) is 18.5 Å². The van der Waals surface area contributed by atoms with Crippen molar-refractivity contribution < 1.29 is 43.9 Å². The van der Waals surface area contributed by atoms with Crippen LogP contribution in [-0.4, -0.2) is 19.5 Å². The van der Waals surface area contributed by atoms with Crippen LogP contribution in [0.3, 0.4) is 0 Å². The van der Waals surface area contributed by atoms with Crippen LogP contribution in [-0.2, 0) is 25.6 Å². The van der Waals surface area contributed by atoms with E-state index in [0.717, 1.165) is 13.1 Å².